The van der Waals surface area contributed by atoms with E-state index >= 15 is 0 Å². The molecule has 0 aromatic rings. The Morgan fingerprint density at radius 2 is 0.750 bits per heavy atom. The predicted octanol–water partition coefficient (Wildman–Crippen LogP) is 0.768. The number of rotatable bonds is 9. The van der Waals surface area contributed by atoms with E-state index in [1.165, 1.54) is 0 Å². The van der Waals surface area contributed by atoms with Crippen LogP contribution in [0.15, 0.2) is 0 Å². The van der Waals surface area contributed by atoms with Gasteiger partial charge in [0.15, 0.2) is 0 Å². The van der Waals surface area contributed by atoms with Gasteiger partial charge in [-0.15, -0.1) is 0 Å². The van der Waals surface area contributed by atoms with Crippen LogP contribution in [0.4, 0.5) is 0 Å². The van der Waals surface area contributed by atoms with Crippen LogP contribution in [-0.2, 0) is 0 Å². The average Bonchev–Trinajstić information content (AvgIpc) is 2.48. The first-order valence-corrected chi connectivity index (χ1v) is 9.54. The molecule has 0 radical (unpaired) electrons. The van der Waals surface area contributed by atoms with Gasteiger partial charge >= 0.3 is 0 Å². The van der Waals surface area contributed by atoms with E-state index in [0.29, 0.717) is 18.1 Å². The Bertz CT molecular complexity index is 288. The monoisotopic (exact) mass is 342 g/mol. The molecule has 0 amide bonds. The molecule has 144 valence electrons. The maximum Gasteiger partial charge on any atom is 0.0756 e. The third kappa shape index (κ3) is 5.38. The Hall–Kier alpha value is -0.240. The molecular formula is C18H42N6. The molecule has 0 bridgehead atoms. The molecule has 0 aromatic heterocycles. The zero-order chi connectivity index (χ0) is 18.4. The zero-order valence-corrected chi connectivity index (χ0v) is 17.4. The molecule has 1 aliphatic rings. The summed E-state index contributed by atoms with van der Waals surface area (Å²) in [5, 5.41) is 11.5. The van der Waals surface area contributed by atoms with Crippen molar-refractivity contribution in [3.05, 3.63) is 0 Å². The van der Waals surface area contributed by atoms with E-state index in [2.05, 4.69) is 93.7 Å². The van der Waals surface area contributed by atoms with E-state index < -0.39 is 0 Å². The van der Waals surface area contributed by atoms with E-state index in [1.807, 2.05) is 0 Å². The number of hydrogen-bond acceptors (Lipinski definition) is 6. The number of likely N-dealkylation sites (N-methyl/N-ethyl adjacent to an activating group) is 3. The highest BCUT2D eigenvalue weighted by Gasteiger charge is 2.38. The SMILES string of the molecule is CCC(C1NC(C(CC)N(C)C)NC(C(CC)N(C)C)N1)N(C)C. The Kier molecular flexibility index (Phi) is 9.12. The van der Waals surface area contributed by atoms with E-state index in [1.54, 1.807) is 0 Å². The lowest BCUT2D eigenvalue weighted by atomic mass is 10.0. The Labute approximate surface area is 150 Å². The van der Waals surface area contributed by atoms with Gasteiger partial charge in [-0.3, -0.25) is 16.0 Å². The van der Waals surface area contributed by atoms with Crippen LogP contribution >= 0.6 is 0 Å². The predicted molar refractivity (Wildman–Crippen MR) is 104 cm³/mol. The molecule has 3 N–H and O–H groups in total. The molecule has 6 nitrogen and oxygen atoms in total. The lowest BCUT2D eigenvalue weighted by Crippen LogP contribution is -2.77. The summed E-state index contributed by atoms with van der Waals surface area (Å²) in [5.74, 6) is 0. The van der Waals surface area contributed by atoms with Crippen LogP contribution in [0.3, 0.4) is 0 Å². The standard InChI is InChI=1S/C18H42N6/c1-10-13(22(4)5)16-19-17(14(11-2)23(6)7)21-18(20-16)15(12-3)24(8)9/h13-21H,10-12H2,1-9H3. The van der Waals surface area contributed by atoms with Crippen molar-refractivity contribution in [2.24, 2.45) is 0 Å². The highest BCUT2D eigenvalue weighted by Crippen LogP contribution is 2.16. The molecule has 24 heavy (non-hydrogen) atoms. The minimum atomic E-state index is 0.282. The smallest absolute Gasteiger partial charge is 0.0756 e. The molecule has 3 atom stereocenters. The molecule has 1 rings (SSSR count). The molecule has 0 aromatic carbocycles. The summed E-state index contributed by atoms with van der Waals surface area (Å²) < 4.78 is 0. The molecule has 1 aliphatic heterocycles. The topological polar surface area (TPSA) is 45.8 Å². The van der Waals surface area contributed by atoms with Gasteiger partial charge in [-0.25, -0.2) is 0 Å². The molecular weight excluding hydrogens is 300 g/mol. The van der Waals surface area contributed by atoms with Crippen molar-refractivity contribution in [3.8, 4) is 0 Å². The quantitative estimate of drug-likeness (QED) is 0.575. The number of nitrogens with one attached hydrogen (secondary N) is 3. The van der Waals surface area contributed by atoms with Gasteiger partial charge in [-0.1, -0.05) is 20.8 Å². The van der Waals surface area contributed by atoms with Crippen LogP contribution < -0.4 is 16.0 Å². The second kappa shape index (κ2) is 10.0. The largest absolute Gasteiger partial charge is 0.304 e. The maximum atomic E-state index is 3.84. The van der Waals surface area contributed by atoms with Crippen LogP contribution in [0.1, 0.15) is 40.0 Å². The van der Waals surface area contributed by atoms with Gasteiger partial charge < -0.3 is 14.7 Å². The third-order valence-electron chi connectivity index (χ3n) is 5.48. The van der Waals surface area contributed by atoms with E-state index in [4.69, 9.17) is 0 Å². The van der Waals surface area contributed by atoms with E-state index in [0.717, 1.165) is 19.3 Å². The summed E-state index contributed by atoms with van der Waals surface area (Å²) in [7, 11) is 13.1. The van der Waals surface area contributed by atoms with Crippen LogP contribution in [-0.4, -0.2) is 93.6 Å². The van der Waals surface area contributed by atoms with Gasteiger partial charge in [0.05, 0.1) is 18.5 Å². The normalized spacial score (nSPS) is 29.2. The fourth-order valence-corrected chi connectivity index (χ4v) is 4.09. The molecule has 0 saturated carbocycles. The highest BCUT2D eigenvalue weighted by atomic mass is 15.4. The number of hydrogen-bond donors (Lipinski definition) is 3. The van der Waals surface area contributed by atoms with Gasteiger partial charge in [-0.05, 0) is 61.5 Å². The van der Waals surface area contributed by atoms with Gasteiger partial charge in [0.2, 0.25) is 0 Å². The molecule has 1 saturated heterocycles. The fraction of sp³-hybridized carbons (Fsp3) is 1.00. The summed E-state index contributed by atoms with van der Waals surface area (Å²) in [6, 6.07) is 1.41. The van der Waals surface area contributed by atoms with E-state index in [9.17, 15) is 0 Å². The second-order valence-electron chi connectivity index (χ2n) is 7.75. The highest BCUT2D eigenvalue weighted by molar-refractivity contribution is 4.97. The summed E-state index contributed by atoms with van der Waals surface area (Å²) in [6.45, 7) is 6.81. The lowest BCUT2D eigenvalue weighted by Gasteiger charge is -2.49. The molecule has 1 fully saturated rings. The van der Waals surface area contributed by atoms with Crippen molar-refractivity contribution in [1.82, 2.24) is 30.7 Å². The van der Waals surface area contributed by atoms with Gasteiger partial charge in [0.1, 0.15) is 0 Å². The first-order chi connectivity index (χ1) is 11.3. The Balaban J connectivity index is 3.05. The lowest BCUT2D eigenvalue weighted by molar-refractivity contribution is 0.0485. The van der Waals surface area contributed by atoms with Crippen LogP contribution in [0.2, 0.25) is 0 Å². The summed E-state index contributed by atoms with van der Waals surface area (Å²) >= 11 is 0. The zero-order valence-electron chi connectivity index (χ0n) is 17.4. The first-order valence-electron chi connectivity index (χ1n) is 9.54. The number of nitrogens with zero attached hydrogens (tertiary/aromatic N) is 3. The van der Waals surface area contributed by atoms with Crippen LogP contribution in [0.5, 0.6) is 0 Å². The maximum absolute atomic E-state index is 3.84. The van der Waals surface area contributed by atoms with Crippen molar-refractivity contribution in [2.45, 2.75) is 76.7 Å². The molecule has 0 spiro atoms. The summed E-state index contributed by atoms with van der Waals surface area (Å²) in [6.07, 6.45) is 4.20. The Morgan fingerprint density at radius 1 is 0.542 bits per heavy atom. The van der Waals surface area contributed by atoms with Crippen molar-refractivity contribution in [3.63, 3.8) is 0 Å². The molecule has 3 unspecified atom stereocenters. The fourth-order valence-electron chi connectivity index (χ4n) is 4.09. The Morgan fingerprint density at radius 3 is 0.875 bits per heavy atom. The van der Waals surface area contributed by atoms with Gasteiger partial charge in [0.25, 0.3) is 0 Å². The van der Waals surface area contributed by atoms with Crippen molar-refractivity contribution in [2.75, 3.05) is 42.3 Å². The first kappa shape index (κ1) is 21.8. The van der Waals surface area contributed by atoms with E-state index in [-0.39, 0.29) is 18.5 Å². The minimum absolute atomic E-state index is 0.282. The minimum Gasteiger partial charge on any atom is -0.304 e. The third-order valence-corrected chi connectivity index (χ3v) is 5.48. The molecule has 1 heterocycles. The average molecular weight is 343 g/mol. The second-order valence-corrected chi connectivity index (χ2v) is 7.75. The van der Waals surface area contributed by atoms with Gasteiger partial charge in [-0.2, -0.15) is 0 Å². The molecule has 0 aliphatic carbocycles. The summed E-state index contributed by atoms with van der Waals surface area (Å²) in [5.41, 5.74) is 0. The van der Waals surface area contributed by atoms with Gasteiger partial charge in [0, 0.05) is 18.1 Å². The van der Waals surface area contributed by atoms with Crippen molar-refractivity contribution < 1.29 is 0 Å². The summed E-state index contributed by atoms with van der Waals surface area (Å²) in [4.78, 5) is 6.99. The van der Waals surface area contributed by atoms with Crippen molar-refractivity contribution in [1.29, 1.82) is 0 Å². The van der Waals surface area contributed by atoms with Crippen LogP contribution in [0, 0.1) is 0 Å². The molecule has 6 heteroatoms. The van der Waals surface area contributed by atoms with Crippen LogP contribution in [0.25, 0.3) is 0 Å². The van der Waals surface area contributed by atoms with Crippen molar-refractivity contribution >= 4 is 0 Å².